The highest BCUT2D eigenvalue weighted by atomic mass is 16.5. The number of nitrogens with one attached hydrogen (secondary N) is 1. The summed E-state index contributed by atoms with van der Waals surface area (Å²) in [5, 5.41) is 14.1. The Morgan fingerprint density at radius 3 is 2.74 bits per heavy atom. The first kappa shape index (κ1) is 20.4. The van der Waals surface area contributed by atoms with E-state index in [9.17, 15) is 10.1 Å². The van der Waals surface area contributed by atoms with E-state index >= 15 is 0 Å². The Morgan fingerprint density at radius 1 is 1.26 bits per heavy atom. The molecule has 3 N–H and O–H groups in total. The molecule has 1 aliphatic rings. The van der Waals surface area contributed by atoms with Gasteiger partial charge in [-0.25, -0.2) is 0 Å². The minimum atomic E-state index is -1.50. The molecule has 31 heavy (non-hydrogen) atoms. The number of allylic oxidation sites excluding steroid dienone is 1. The van der Waals surface area contributed by atoms with Gasteiger partial charge in [-0.2, -0.15) is 5.26 Å². The van der Waals surface area contributed by atoms with E-state index in [0.717, 1.165) is 16.5 Å². The van der Waals surface area contributed by atoms with Gasteiger partial charge < -0.3 is 15.8 Å². The zero-order chi connectivity index (χ0) is 22.0. The summed E-state index contributed by atoms with van der Waals surface area (Å²) in [5.74, 6) is -0.843. The van der Waals surface area contributed by atoms with Gasteiger partial charge in [0.2, 0.25) is 0 Å². The van der Waals surface area contributed by atoms with Gasteiger partial charge in [-0.3, -0.25) is 14.8 Å². The molecule has 0 saturated heterocycles. The molecule has 3 heterocycles. The Labute approximate surface area is 180 Å². The fraction of sp³-hybridized carbons (Fsp3) is 0.250. The smallest absolute Gasteiger partial charge is 0.329 e. The Morgan fingerprint density at radius 2 is 2.03 bits per heavy atom. The number of pyridine rings is 2. The van der Waals surface area contributed by atoms with Crippen molar-refractivity contribution in [2.75, 3.05) is 6.61 Å². The standard InChI is InChI=1S/C24H23N5O2/c1-3-31-23(30)24(14-25)15(2)29-22(26)10-20(24)19-12-27-13-21-18(19)9-17(11-28-21)16-7-5-4-6-8-16/h4-13,15,20,29H,3,26H2,1-2H3. The van der Waals surface area contributed by atoms with Gasteiger partial charge in [-0.05, 0) is 37.1 Å². The van der Waals surface area contributed by atoms with Crippen molar-refractivity contribution in [3.8, 4) is 17.2 Å². The van der Waals surface area contributed by atoms with Crippen molar-refractivity contribution in [1.82, 2.24) is 15.3 Å². The van der Waals surface area contributed by atoms with Crippen molar-refractivity contribution in [3.05, 3.63) is 72.4 Å². The van der Waals surface area contributed by atoms with E-state index in [4.69, 9.17) is 10.5 Å². The number of carbonyl (C=O) groups excluding carboxylic acids is 1. The number of carbonyl (C=O) groups is 1. The van der Waals surface area contributed by atoms with Crippen molar-refractivity contribution in [2.24, 2.45) is 11.1 Å². The number of aromatic nitrogens is 2. The minimum absolute atomic E-state index is 0.175. The molecule has 2 aromatic heterocycles. The molecule has 7 nitrogen and oxygen atoms in total. The summed E-state index contributed by atoms with van der Waals surface area (Å²) < 4.78 is 5.33. The Balaban J connectivity index is 1.96. The maximum Gasteiger partial charge on any atom is 0.329 e. The Bertz CT molecular complexity index is 1200. The molecule has 0 amide bonds. The number of nitriles is 1. The van der Waals surface area contributed by atoms with Crippen LogP contribution in [0.25, 0.3) is 22.0 Å². The van der Waals surface area contributed by atoms with Crippen LogP contribution in [0.15, 0.2) is 66.9 Å². The zero-order valence-electron chi connectivity index (χ0n) is 17.4. The molecule has 0 fully saturated rings. The first-order valence-corrected chi connectivity index (χ1v) is 10.1. The number of hydrogen-bond donors (Lipinski definition) is 2. The minimum Gasteiger partial charge on any atom is -0.465 e. The number of nitrogens with zero attached hydrogens (tertiary/aromatic N) is 3. The Hall–Kier alpha value is -3.92. The number of hydrogen-bond acceptors (Lipinski definition) is 7. The molecule has 3 aromatic rings. The monoisotopic (exact) mass is 413 g/mol. The predicted molar refractivity (Wildman–Crippen MR) is 117 cm³/mol. The highest BCUT2D eigenvalue weighted by Crippen LogP contribution is 2.45. The molecular weight excluding hydrogens is 390 g/mol. The van der Waals surface area contributed by atoms with E-state index in [1.165, 1.54) is 0 Å². The molecule has 0 saturated carbocycles. The molecule has 0 spiro atoms. The second-order valence-corrected chi connectivity index (χ2v) is 7.55. The van der Waals surface area contributed by atoms with Gasteiger partial charge in [0.1, 0.15) is 0 Å². The topological polar surface area (TPSA) is 114 Å². The molecule has 7 heteroatoms. The van der Waals surface area contributed by atoms with Crippen LogP contribution in [0.3, 0.4) is 0 Å². The van der Waals surface area contributed by atoms with E-state index in [0.29, 0.717) is 16.9 Å². The summed E-state index contributed by atoms with van der Waals surface area (Å²) >= 11 is 0. The molecule has 1 aromatic carbocycles. The molecule has 3 unspecified atom stereocenters. The van der Waals surface area contributed by atoms with Crippen LogP contribution < -0.4 is 11.1 Å². The molecule has 1 aliphatic heterocycles. The fourth-order valence-corrected chi connectivity index (χ4v) is 4.20. The van der Waals surface area contributed by atoms with Crippen LogP contribution in [0.4, 0.5) is 0 Å². The van der Waals surface area contributed by atoms with E-state index in [-0.39, 0.29) is 6.61 Å². The molecular formula is C24H23N5O2. The average Bonchev–Trinajstić information content (AvgIpc) is 2.79. The maximum absolute atomic E-state index is 13.1. The maximum atomic E-state index is 13.1. The van der Waals surface area contributed by atoms with Gasteiger partial charge in [-0.15, -0.1) is 0 Å². The Kier molecular flexibility index (Phi) is 5.30. The number of esters is 1. The van der Waals surface area contributed by atoms with Gasteiger partial charge in [0.05, 0.1) is 36.3 Å². The van der Waals surface area contributed by atoms with E-state index in [1.807, 2.05) is 36.4 Å². The molecule has 0 radical (unpaired) electrons. The lowest BCUT2D eigenvalue weighted by molar-refractivity contribution is -0.154. The largest absolute Gasteiger partial charge is 0.465 e. The van der Waals surface area contributed by atoms with Crippen LogP contribution in [0.5, 0.6) is 0 Å². The van der Waals surface area contributed by atoms with Gasteiger partial charge in [-0.1, -0.05) is 30.3 Å². The highest BCUT2D eigenvalue weighted by Gasteiger charge is 2.54. The molecule has 156 valence electrons. The van der Waals surface area contributed by atoms with Crippen LogP contribution in [0.2, 0.25) is 0 Å². The normalized spacial score (nSPS) is 22.8. The average molecular weight is 413 g/mol. The zero-order valence-corrected chi connectivity index (χ0v) is 17.4. The summed E-state index contributed by atoms with van der Waals surface area (Å²) in [6, 6.07) is 13.6. The van der Waals surface area contributed by atoms with E-state index in [1.54, 1.807) is 38.5 Å². The summed E-state index contributed by atoms with van der Waals surface area (Å²) in [5.41, 5.74) is 7.94. The van der Waals surface area contributed by atoms with Crippen molar-refractivity contribution in [1.29, 1.82) is 5.26 Å². The quantitative estimate of drug-likeness (QED) is 0.631. The van der Waals surface area contributed by atoms with Crippen molar-refractivity contribution in [2.45, 2.75) is 25.8 Å². The number of fused-ring (bicyclic) bond motifs is 1. The highest BCUT2D eigenvalue weighted by molar-refractivity contribution is 5.89. The lowest BCUT2D eigenvalue weighted by atomic mass is 9.66. The third-order valence-electron chi connectivity index (χ3n) is 5.78. The summed E-state index contributed by atoms with van der Waals surface area (Å²) in [6.07, 6.45) is 6.84. The van der Waals surface area contributed by atoms with Crippen molar-refractivity contribution >= 4 is 16.9 Å². The lowest BCUT2D eigenvalue weighted by Crippen LogP contribution is -2.55. The van der Waals surface area contributed by atoms with E-state index < -0.39 is 23.3 Å². The van der Waals surface area contributed by atoms with Gasteiger partial charge >= 0.3 is 5.97 Å². The second-order valence-electron chi connectivity index (χ2n) is 7.55. The number of nitrogens with two attached hydrogens (primary N) is 1. The SMILES string of the molecule is CCOC(=O)C1(C#N)C(C)NC(N)=CC1c1cncc2ncc(-c3ccccc3)cc12. The first-order valence-electron chi connectivity index (χ1n) is 10.1. The van der Waals surface area contributed by atoms with Crippen LogP contribution in [0.1, 0.15) is 25.3 Å². The van der Waals surface area contributed by atoms with Crippen LogP contribution in [-0.4, -0.2) is 28.6 Å². The van der Waals surface area contributed by atoms with Crippen molar-refractivity contribution in [3.63, 3.8) is 0 Å². The second kappa shape index (κ2) is 8.07. The van der Waals surface area contributed by atoms with Crippen LogP contribution in [0, 0.1) is 16.7 Å². The fourth-order valence-electron chi connectivity index (χ4n) is 4.20. The van der Waals surface area contributed by atoms with Crippen LogP contribution in [-0.2, 0) is 9.53 Å². The summed E-state index contributed by atoms with van der Waals surface area (Å²) in [4.78, 5) is 22.0. The third kappa shape index (κ3) is 3.36. The lowest BCUT2D eigenvalue weighted by Gasteiger charge is -2.40. The van der Waals surface area contributed by atoms with Gasteiger partial charge in [0.25, 0.3) is 0 Å². The van der Waals surface area contributed by atoms with E-state index in [2.05, 4.69) is 21.4 Å². The van der Waals surface area contributed by atoms with Crippen molar-refractivity contribution < 1.29 is 9.53 Å². The predicted octanol–water partition coefficient (Wildman–Crippen LogP) is 3.25. The van der Waals surface area contributed by atoms with Crippen LogP contribution >= 0.6 is 0 Å². The van der Waals surface area contributed by atoms with Gasteiger partial charge in [0.15, 0.2) is 5.41 Å². The number of benzene rings is 1. The number of ether oxygens (including phenoxy) is 1. The molecule has 0 bridgehead atoms. The van der Waals surface area contributed by atoms with Gasteiger partial charge in [0, 0.05) is 29.3 Å². The number of rotatable bonds is 4. The summed E-state index contributed by atoms with van der Waals surface area (Å²) in [6.45, 7) is 3.66. The first-order chi connectivity index (χ1) is 15.0. The molecule has 4 rings (SSSR count). The molecule has 3 atom stereocenters. The third-order valence-corrected chi connectivity index (χ3v) is 5.78. The molecule has 0 aliphatic carbocycles. The summed E-state index contributed by atoms with van der Waals surface area (Å²) in [7, 11) is 0.